The van der Waals surface area contributed by atoms with Crippen molar-refractivity contribution in [2.45, 2.75) is 26.3 Å². The fourth-order valence-electron chi connectivity index (χ4n) is 3.17. The van der Waals surface area contributed by atoms with Crippen LogP contribution >= 0.6 is 0 Å². The maximum absolute atomic E-state index is 13.2. The second-order valence-corrected chi connectivity index (χ2v) is 6.34. The molecule has 3 rings (SSSR count). The van der Waals surface area contributed by atoms with Crippen molar-refractivity contribution < 1.29 is 9.50 Å². The van der Waals surface area contributed by atoms with Gasteiger partial charge in [-0.25, -0.2) is 9.37 Å². The second kappa shape index (κ2) is 7.25. The van der Waals surface area contributed by atoms with E-state index in [0.29, 0.717) is 23.1 Å². The summed E-state index contributed by atoms with van der Waals surface area (Å²) in [6.45, 7) is 3.91. The Morgan fingerprint density at radius 3 is 2.46 bits per heavy atom. The van der Waals surface area contributed by atoms with E-state index in [2.05, 4.69) is 4.98 Å². The van der Waals surface area contributed by atoms with Gasteiger partial charge in [-0.15, -0.1) is 0 Å². The van der Waals surface area contributed by atoms with Gasteiger partial charge in [-0.1, -0.05) is 6.92 Å². The number of hydrogen-bond donors (Lipinski definition) is 0. The lowest BCUT2D eigenvalue weighted by molar-refractivity contribution is 0.219. The molecule has 6 heteroatoms. The third-order valence-electron chi connectivity index (χ3n) is 4.73. The van der Waals surface area contributed by atoms with Crippen molar-refractivity contribution in [3.63, 3.8) is 0 Å². The molecule has 2 aromatic carbocycles. The summed E-state index contributed by atoms with van der Waals surface area (Å²) in [5, 5.41) is 8.23. The fourth-order valence-corrected chi connectivity index (χ4v) is 3.17. The number of rotatable bonds is 5. The largest absolute Gasteiger partial charge is 0.444 e. The molecule has 1 heterocycles. The van der Waals surface area contributed by atoms with Crippen molar-refractivity contribution in [3.8, 4) is 0 Å². The van der Waals surface area contributed by atoms with E-state index in [1.165, 1.54) is 12.1 Å². The first-order valence-electron chi connectivity index (χ1n) is 8.63. The zero-order valence-corrected chi connectivity index (χ0v) is 15.2. The van der Waals surface area contributed by atoms with E-state index in [4.69, 9.17) is 5.11 Å². The van der Waals surface area contributed by atoms with Crippen LogP contribution in [0, 0.1) is 12.7 Å². The Labute approximate surface area is 151 Å². The molecular weight excluding hydrogens is 333 g/mol. The summed E-state index contributed by atoms with van der Waals surface area (Å²) in [5.41, 5.74) is 2.15. The van der Waals surface area contributed by atoms with E-state index in [1.807, 2.05) is 31.0 Å². The van der Waals surface area contributed by atoms with Crippen LogP contribution in [0.5, 0.6) is 0 Å². The summed E-state index contributed by atoms with van der Waals surface area (Å²) < 4.78 is 14.8. The minimum atomic E-state index is -0.288. The van der Waals surface area contributed by atoms with Crippen molar-refractivity contribution in [1.82, 2.24) is 9.55 Å². The zero-order valence-electron chi connectivity index (χ0n) is 15.2. The molecule has 0 saturated heterocycles. The molecule has 0 aliphatic heterocycles. The number of anilines is 2. The van der Waals surface area contributed by atoms with Crippen molar-refractivity contribution in [1.29, 1.82) is 0 Å². The first kappa shape index (κ1) is 18.1. The number of fused-ring (bicyclic) bond motifs is 1. The fraction of sp³-hybridized carbons (Fsp3) is 0.300. The highest BCUT2D eigenvalue weighted by molar-refractivity contribution is 5.83. The highest BCUT2D eigenvalue weighted by Crippen LogP contribution is 2.26. The monoisotopic (exact) mass is 356 g/mol. The molecule has 0 spiro atoms. The van der Waals surface area contributed by atoms with Crippen molar-refractivity contribution in [2.75, 3.05) is 18.6 Å². The van der Waals surface area contributed by atoms with Gasteiger partial charge in [-0.3, -0.25) is 9.36 Å². The first-order chi connectivity index (χ1) is 12.5. The lowest BCUT2D eigenvalue weighted by Crippen LogP contribution is -2.29. The van der Waals surface area contributed by atoms with Gasteiger partial charge in [-0.05, 0) is 55.8 Å². The maximum Gasteiger partial charge on any atom is 0.261 e. The maximum atomic E-state index is 13.2. The molecule has 0 aliphatic rings. The molecule has 0 bridgehead atoms. The van der Waals surface area contributed by atoms with Crippen LogP contribution in [-0.2, 0) is 0 Å². The van der Waals surface area contributed by atoms with Crippen molar-refractivity contribution in [2.24, 2.45) is 0 Å². The summed E-state index contributed by atoms with van der Waals surface area (Å²) in [7, 11) is 1.87. The van der Waals surface area contributed by atoms with Gasteiger partial charge in [0.05, 0.1) is 10.9 Å². The minimum absolute atomic E-state index is 0.124. The summed E-state index contributed by atoms with van der Waals surface area (Å²) >= 11 is 0. The molecule has 0 radical (unpaired) electrons. The van der Waals surface area contributed by atoms with Crippen molar-refractivity contribution in [3.05, 3.63) is 64.5 Å². The van der Waals surface area contributed by atoms with Crippen LogP contribution in [0.2, 0.25) is 0 Å². The van der Waals surface area contributed by atoms with Gasteiger partial charge < -0.3 is 10.0 Å². The Morgan fingerprint density at radius 2 is 1.85 bits per heavy atom. The Balaban J connectivity index is 2.13. The molecule has 0 aliphatic carbocycles. The van der Waals surface area contributed by atoms with E-state index in [-0.39, 0.29) is 24.0 Å². The zero-order chi connectivity index (χ0) is 18.8. The van der Waals surface area contributed by atoms with Gasteiger partial charge in [0, 0.05) is 18.4 Å². The van der Waals surface area contributed by atoms with Gasteiger partial charge in [0.15, 0.2) is 6.61 Å². The summed E-state index contributed by atoms with van der Waals surface area (Å²) in [6, 6.07) is 11.5. The molecule has 136 valence electrons. The number of benzene rings is 2. The van der Waals surface area contributed by atoms with Crippen molar-refractivity contribution >= 4 is 22.3 Å². The van der Waals surface area contributed by atoms with E-state index in [9.17, 15) is 9.18 Å². The standard InChI is InChI=1S/C20H22FN3O2/c1-4-15(12-25)24-13(2)22-19-10-9-17(11-18(19)20(24)26)23(3)16-7-5-14(21)6-8-16/h5-11,15,25H,4,12H2,1-3H3/p+1. The molecule has 0 saturated carbocycles. The van der Waals surface area contributed by atoms with Crippen LogP contribution in [0.3, 0.4) is 0 Å². The van der Waals surface area contributed by atoms with Crippen LogP contribution in [-0.4, -0.2) is 28.3 Å². The van der Waals surface area contributed by atoms with Crippen LogP contribution < -0.4 is 10.5 Å². The molecule has 26 heavy (non-hydrogen) atoms. The van der Waals surface area contributed by atoms with Crippen LogP contribution in [0.25, 0.3) is 10.9 Å². The third kappa shape index (κ3) is 3.20. The topological polar surface area (TPSA) is 61.0 Å². The Morgan fingerprint density at radius 1 is 1.19 bits per heavy atom. The van der Waals surface area contributed by atoms with Gasteiger partial charge in [0.25, 0.3) is 5.56 Å². The summed E-state index contributed by atoms with van der Waals surface area (Å²) in [5.74, 6) is 0.338. The van der Waals surface area contributed by atoms with E-state index in [0.717, 1.165) is 11.4 Å². The first-order valence-corrected chi connectivity index (χ1v) is 8.63. The highest BCUT2D eigenvalue weighted by Gasteiger charge is 2.18. The van der Waals surface area contributed by atoms with Gasteiger partial charge in [0.1, 0.15) is 17.7 Å². The quantitative estimate of drug-likeness (QED) is 0.659. The molecule has 3 aromatic rings. The lowest BCUT2D eigenvalue weighted by atomic mass is 10.1. The molecule has 1 unspecified atom stereocenters. The van der Waals surface area contributed by atoms with E-state index < -0.39 is 0 Å². The summed E-state index contributed by atoms with van der Waals surface area (Å²) in [6.07, 6.45) is 0.701. The lowest BCUT2D eigenvalue weighted by Gasteiger charge is -2.21. The molecule has 2 N–H and O–H groups in total. The highest BCUT2D eigenvalue weighted by atomic mass is 19.1. The third-order valence-corrected chi connectivity index (χ3v) is 4.73. The number of aromatic nitrogens is 2. The number of nitrogens with zero attached hydrogens (tertiary/aromatic N) is 3. The van der Waals surface area contributed by atoms with Crippen LogP contribution in [0.4, 0.5) is 15.8 Å². The smallest absolute Gasteiger partial charge is 0.261 e. The van der Waals surface area contributed by atoms with Gasteiger partial charge in [-0.2, -0.15) is 0 Å². The molecule has 0 fully saturated rings. The predicted octanol–water partition coefficient (Wildman–Crippen LogP) is 3.29. The molecule has 0 amide bonds. The number of hydrogen-bond acceptors (Lipinski definition) is 3. The van der Waals surface area contributed by atoms with Crippen LogP contribution in [0.1, 0.15) is 25.2 Å². The number of halogens is 1. The van der Waals surface area contributed by atoms with E-state index in [1.54, 1.807) is 29.7 Å². The molecule has 5 nitrogen and oxygen atoms in total. The normalized spacial score (nSPS) is 12.3. The Bertz CT molecular complexity index is 979. The second-order valence-electron chi connectivity index (χ2n) is 6.34. The average Bonchev–Trinajstić information content (AvgIpc) is 2.65. The summed E-state index contributed by atoms with van der Waals surface area (Å²) in [4.78, 5) is 19.5. The van der Waals surface area contributed by atoms with Gasteiger partial charge >= 0.3 is 0 Å². The Hall–Kier alpha value is -2.73. The van der Waals surface area contributed by atoms with E-state index >= 15 is 0 Å². The Kier molecular flexibility index (Phi) is 5.04. The van der Waals surface area contributed by atoms with Crippen LogP contribution in [0.15, 0.2) is 47.3 Å². The SMILES string of the molecule is CCC(C[OH2+])n1c(C)nc2ccc(N(C)c3ccc(F)cc3)cc2c1=O. The average molecular weight is 356 g/mol. The predicted molar refractivity (Wildman–Crippen MR) is 103 cm³/mol. The minimum Gasteiger partial charge on any atom is -0.444 e. The molecule has 1 atom stereocenters. The molecule has 1 aromatic heterocycles. The van der Waals surface area contributed by atoms with Gasteiger partial charge in [0.2, 0.25) is 0 Å². The molecular formula is C20H23FN3O2+. The number of aryl methyl sites for hydroxylation is 1.